The van der Waals surface area contributed by atoms with Crippen LogP contribution in [0.2, 0.25) is 0 Å². The summed E-state index contributed by atoms with van der Waals surface area (Å²) in [6, 6.07) is 9.87. The predicted molar refractivity (Wildman–Crippen MR) is 56.3 cm³/mol. The highest BCUT2D eigenvalue weighted by Crippen LogP contribution is 2.11. The van der Waals surface area contributed by atoms with E-state index in [4.69, 9.17) is 5.41 Å². The van der Waals surface area contributed by atoms with E-state index in [1.54, 1.807) is 4.90 Å². The van der Waals surface area contributed by atoms with E-state index in [0.717, 1.165) is 5.69 Å². The van der Waals surface area contributed by atoms with Gasteiger partial charge in [-0.1, -0.05) is 18.2 Å². The molecule has 0 aliphatic carbocycles. The van der Waals surface area contributed by atoms with Crippen LogP contribution in [0.4, 0.5) is 5.69 Å². The summed E-state index contributed by atoms with van der Waals surface area (Å²) in [5.41, 5.74) is 1.03. The van der Waals surface area contributed by atoms with E-state index >= 15 is 0 Å². The fraction of sp³-hybridized carbons (Fsp3) is 0.300. The molecule has 0 fully saturated rings. The molecule has 0 saturated heterocycles. The lowest BCUT2D eigenvalue weighted by Gasteiger charge is -2.24. The molecule has 70 valence electrons. The molecule has 13 heavy (non-hydrogen) atoms. The van der Waals surface area contributed by atoms with Crippen LogP contribution in [0.15, 0.2) is 30.3 Å². The second-order valence-electron chi connectivity index (χ2n) is 3.11. The van der Waals surface area contributed by atoms with Crippen molar-refractivity contribution in [3.63, 3.8) is 0 Å². The average Bonchev–Trinajstić information content (AvgIpc) is 2.17. The number of guanidine groups is 1. The lowest BCUT2D eigenvalue weighted by atomic mass is 10.3. The number of para-hydroxylation sites is 1. The number of benzene rings is 1. The van der Waals surface area contributed by atoms with Crippen molar-refractivity contribution in [2.45, 2.75) is 0 Å². The monoisotopic (exact) mass is 177 g/mol. The number of hydrogen-bond donors (Lipinski definition) is 1. The molecule has 0 aliphatic heterocycles. The Bertz CT molecular complexity index is 279. The quantitative estimate of drug-likeness (QED) is 0.522. The van der Waals surface area contributed by atoms with Crippen molar-refractivity contribution in [1.29, 1.82) is 5.41 Å². The number of hydrogen-bond acceptors (Lipinski definition) is 1. The highest BCUT2D eigenvalue weighted by Gasteiger charge is 2.06. The second kappa shape index (κ2) is 3.94. The third-order valence-corrected chi connectivity index (χ3v) is 1.88. The number of rotatable bonds is 1. The maximum absolute atomic E-state index is 7.74. The van der Waals surface area contributed by atoms with Crippen molar-refractivity contribution in [3.8, 4) is 0 Å². The molecule has 3 heteroatoms. The Morgan fingerprint density at radius 3 is 2.08 bits per heavy atom. The molecule has 0 saturated carbocycles. The maximum Gasteiger partial charge on any atom is 0.197 e. The van der Waals surface area contributed by atoms with Gasteiger partial charge >= 0.3 is 0 Å². The molecule has 0 radical (unpaired) electrons. The first-order valence-corrected chi connectivity index (χ1v) is 4.17. The van der Waals surface area contributed by atoms with E-state index in [1.807, 2.05) is 56.4 Å². The molecular formula is C10H15N3. The van der Waals surface area contributed by atoms with Crippen molar-refractivity contribution in [3.05, 3.63) is 30.3 Å². The van der Waals surface area contributed by atoms with Crippen molar-refractivity contribution >= 4 is 11.6 Å². The second-order valence-corrected chi connectivity index (χ2v) is 3.11. The Hall–Kier alpha value is -1.51. The number of nitrogens with one attached hydrogen (secondary N) is 1. The Kier molecular flexibility index (Phi) is 2.90. The summed E-state index contributed by atoms with van der Waals surface area (Å²) in [5.74, 6) is 0.478. The van der Waals surface area contributed by atoms with Crippen LogP contribution in [0.1, 0.15) is 0 Å². The zero-order valence-corrected chi connectivity index (χ0v) is 8.28. The van der Waals surface area contributed by atoms with Gasteiger partial charge < -0.3 is 9.80 Å². The van der Waals surface area contributed by atoms with Crippen molar-refractivity contribution in [2.75, 3.05) is 26.0 Å². The largest absolute Gasteiger partial charge is 0.349 e. The van der Waals surface area contributed by atoms with Gasteiger partial charge in [-0.25, -0.2) is 0 Å². The lowest BCUT2D eigenvalue weighted by molar-refractivity contribution is 0.603. The maximum atomic E-state index is 7.74. The molecule has 0 spiro atoms. The molecule has 1 aromatic rings. The van der Waals surface area contributed by atoms with Gasteiger partial charge in [-0.05, 0) is 12.1 Å². The summed E-state index contributed by atoms with van der Waals surface area (Å²) in [7, 11) is 5.61. The number of nitrogens with zero attached hydrogens (tertiary/aromatic N) is 2. The van der Waals surface area contributed by atoms with Gasteiger partial charge in [0.05, 0.1) is 0 Å². The fourth-order valence-electron chi connectivity index (χ4n) is 1.07. The highest BCUT2D eigenvalue weighted by molar-refractivity contribution is 5.92. The summed E-state index contributed by atoms with van der Waals surface area (Å²) in [4.78, 5) is 3.60. The van der Waals surface area contributed by atoms with Gasteiger partial charge in [0, 0.05) is 26.8 Å². The van der Waals surface area contributed by atoms with Gasteiger partial charge in [0.25, 0.3) is 0 Å². The molecule has 0 amide bonds. The minimum Gasteiger partial charge on any atom is -0.349 e. The van der Waals surface area contributed by atoms with Gasteiger partial charge in [0.2, 0.25) is 0 Å². The first-order chi connectivity index (χ1) is 6.13. The zero-order chi connectivity index (χ0) is 9.84. The Morgan fingerprint density at radius 2 is 1.62 bits per heavy atom. The summed E-state index contributed by atoms with van der Waals surface area (Å²) in [6.45, 7) is 0. The first-order valence-electron chi connectivity index (χ1n) is 4.17. The Labute approximate surface area is 79.1 Å². The predicted octanol–water partition coefficient (Wildman–Crippen LogP) is 1.62. The van der Waals surface area contributed by atoms with Gasteiger partial charge in [-0.3, -0.25) is 5.41 Å². The van der Waals surface area contributed by atoms with Crippen LogP contribution < -0.4 is 4.90 Å². The van der Waals surface area contributed by atoms with E-state index in [-0.39, 0.29) is 0 Å². The van der Waals surface area contributed by atoms with Gasteiger partial charge in [-0.2, -0.15) is 0 Å². The van der Waals surface area contributed by atoms with Gasteiger partial charge in [0.1, 0.15) is 0 Å². The van der Waals surface area contributed by atoms with Crippen molar-refractivity contribution in [2.24, 2.45) is 0 Å². The van der Waals surface area contributed by atoms with Crippen LogP contribution in [-0.2, 0) is 0 Å². The molecule has 0 bridgehead atoms. The standard InChI is InChI=1S/C10H15N3/c1-12(2)10(11)13(3)9-7-5-4-6-8-9/h4-8,11H,1-3H3. The smallest absolute Gasteiger partial charge is 0.197 e. The zero-order valence-electron chi connectivity index (χ0n) is 8.28. The third-order valence-electron chi connectivity index (χ3n) is 1.88. The SMILES string of the molecule is CN(C)C(=N)N(C)c1ccccc1. The van der Waals surface area contributed by atoms with Crippen LogP contribution in [0.25, 0.3) is 0 Å². The third kappa shape index (κ3) is 2.21. The first kappa shape index (κ1) is 9.58. The molecule has 0 aromatic heterocycles. The van der Waals surface area contributed by atoms with Crippen molar-refractivity contribution < 1.29 is 0 Å². The average molecular weight is 177 g/mol. The summed E-state index contributed by atoms with van der Waals surface area (Å²) >= 11 is 0. The van der Waals surface area contributed by atoms with Gasteiger partial charge in [-0.15, -0.1) is 0 Å². The normalized spacial score (nSPS) is 9.46. The van der Waals surface area contributed by atoms with Crippen LogP contribution in [0.3, 0.4) is 0 Å². The molecule has 0 heterocycles. The van der Waals surface area contributed by atoms with E-state index < -0.39 is 0 Å². The van der Waals surface area contributed by atoms with Gasteiger partial charge in [0.15, 0.2) is 5.96 Å². The summed E-state index contributed by atoms with van der Waals surface area (Å²) < 4.78 is 0. The van der Waals surface area contributed by atoms with Crippen LogP contribution in [0, 0.1) is 5.41 Å². The molecule has 0 unspecified atom stereocenters. The highest BCUT2D eigenvalue weighted by atomic mass is 15.3. The molecule has 1 aromatic carbocycles. The van der Waals surface area contributed by atoms with E-state index in [9.17, 15) is 0 Å². The minimum absolute atomic E-state index is 0.478. The molecule has 0 aliphatic rings. The van der Waals surface area contributed by atoms with Crippen LogP contribution >= 0.6 is 0 Å². The van der Waals surface area contributed by atoms with Crippen molar-refractivity contribution in [1.82, 2.24) is 4.90 Å². The fourth-order valence-corrected chi connectivity index (χ4v) is 1.07. The topological polar surface area (TPSA) is 30.3 Å². The molecule has 3 nitrogen and oxygen atoms in total. The molecular weight excluding hydrogens is 162 g/mol. The summed E-state index contributed by atoms with van der Waals surface area (Å²) in [6.07, 6.45) is 0. The van der Waals surface area contributed by atoms with E-state index in [1.165, 1.54) is 0 Å². The lowest BCUT2D eigenvalue weighted by Crippen LogP contribution is -2.36. The van der Waals surface area contributed by atoms with E-state index in [2.05, 4.69) is 0 Å². The Morgan fingerprint density at radius 1 is 1.08 bits per heavy atom. The Balaban J connectivity index is 2.80. The van der Waals surface area contributed by atoms with Crippen LogP contribution in [0.5, 0.6) is 0 Å². The molecule has 0 atom stereocenters. The van der Waals surface area contributed by atoms with Crippen LogP contribution in [-0.4, -0.2) is 32.0 Å². The number of anilines is 1. The minimum atomic E-state index is 0.478. The molecule has 1 rings (SSSR count). The molecule has 1 N–H and O–H groups in total. The van der Waals surface area contributed by atoms with E-state index in [0.29, 0.717) is 5.96 Å². The summed E-state index contributed by atoms with van der Waals surface area (Å²) in [5, 5.41) is 7.74.